The van der Waals surface area contributed by atoms with Gasteiger partial charge in [0.1, 0.15) is 11.5 Å². The van der Waals surface area contributed by atoms with Crippen LogP contribution in [0.25, 0.3) is 0 Å². The van der Waals surface area contributed by atoms with Gasteiger partial charge in [-0.1, -0.05) is 49.7 Å². The minimum absolute atomic E-state index is 0.213. The van der Waals surface area contributed by atoms with Crippen molar-refractivity contribution in [1.82, 2.24) is 4.90 Å². The fourth-order valence-electron chi connectivity index (χ4n) is 3.46. The molecule has 0 atom stereocenters. The van der Waals surface area contributed by atoms with Crippen LogP contribution in [-0.2, 0) is 4.74 Å². The molecule has 0 aliphatic carbocycles. The van der Waals surface area contributed by atoms with Crippen molar-refractivity contribution in [3.8, 4) is 11.5 Å². The third-order valence-corrected chi connectivity index (χ3v) is 4.80. The van der Waals surface area contributed by atoms with Crippen LogP contribution < -0.4 is 4.74 Å². The summed E-state index contributed by atoms with van der Waals surface area (Å²) >= 11 is 0. The van der Waals surface area contributed by atoms with Gasteiger partial charge in [-0.2, -0.15) is 0 Å². The van der Waals surface area contributed by atoms with Crippen molar-refractivity contribution in [2.75, 3.05) is 19.7 Å². The summed E-state index contributed by atoms with van der Waals surface area (Å²) in [6, 6.07) is 16.4. The van der Waals surface area contributed by atoms with Gasteiger partial charge in [0.05, 0.1) is 6.61 Å². The molecule has 1 heterocycles. The van der Waals surface area contributed by atoms with Crippen LogP contribution in [-0.4, -0.2) is 30.7 Å². The van der Waals surface area contributed by atoms with E-state index in [4.69, 9.17) is 9.47 Å². The number of amides is 1. The van der Waals surface area contributed by atoms with Crippen LogP contribution >= 0.6 is 0 Å². The molecule has 1 aliphatic heterocycles. The number of benzene rings is 2. The van der Waals surface area contributed by atoms with Crippen molar-refractivity contribution < 1.29 is 14.3 Å². The molecule has 1 aliphatic rings. The maximum atomic E-state index is 12.3. The number of rotatable bonds is 7. The maximum Gasteiger partial charge on any atom is 0.409 e. The van der Waals surface area contributed by atoms with Gasteiger partial charge in [0.15, 0.2) is 0 Å². The molecule has 138 valence electrons. The third-order valence-electron chi connectivity index (χ3n) is 4.80. The van der Waals surface area contributed by atoms with Crippen LogP contribution in [0.1, 0.15) is 50.2 Å². The zero-order valence-electron chi connectivity index (χ0n) is 15.6. The average Bonchev–Trinajstić information content (AvgIpc) is 2.67. The Labute approximate surface area is 155 Å². The van der Waals surface area contributed by atoms with Crippen LogP contribution in [0.3, 0.4) is 0 Å². The van der Waals surface area contributed by atoms with E-state index in [0.717, 1.165) is 37.3 Å². The number of hydrogen-bond donors (Lipinski definition) is 0. The molecular weight excluding hydrogens is 326 g/mol. The normalized spacial score (nSPS) is 12.7. The molecule has 0 saturated carbocycles. The number of ether oxygens (including phenoxy) is 2. The average molecular weight is 353 g/mol. The van der Waals surface area contributed by atoms with E-state index in [0.29, 0.717) is 13.2 Å². The highest BCUT2D eigenvalue weighted by atomic mass is 16.6. The predicted molar refractivity (Wildman–Crippen MR) is 103 cm³/mol. The molecule has 2 aromatic rings. The number of carbonyl (C=O) groups excluding carboxylic acids is 1. The zero-order valence-corrected chi connectivity index (χ0v) is 15.6. The lowest BCUT2D eigenvalue weighted by Crippen LogP contribution is -2.34. The van der Waals surface area contributed by atoms with Crippen molar-refractivity contribution in [3.63, 3.8) is 0 Å². The second-order valence-electron chi connectivity index (χ2n) is 6.56. The first kappa shape index (κ1) is 18.3. The number of unbranched alkanes of at least 4 members (excludes halogenated alkanes) is 1. The van der Waals surface area contributed by atoms with E-state index in [9.17, 15) is 4.79 Å². The summed E-state index contributed by atoms with van der Waals surface area (Å²) in [7, 11) is 0. The van der Waals surface area contributed by atoms with Gasteiger partial charge >= 0.3 is 6.09 Å². The van der Waals surface area contributed by atoms with Crippen LogP contribution in [0.15, 0.2) is 48.5 Å². The van der Waals surface area contributed by atoms with Gasteiger partial charge in [-0.25, -0.2) is 4.79 Å². The Morgan fingerprint density at radius 3 is 2.19 bits per heavy atom. The molecule has 2 aromatic carbocycles. The van der Waals surface area contributed by atoms with Crippen LogP contribution in [0.5, 0.6) is 11.5 Å². The van der Waals surface area contributed by atoms with Crippen LogP contribution in [0.4, 0.5) is 4.79 Å². The van der Waals surface area contributed by atoms with Gasteiger partial charge in [0.25, 0.3) is 0 Å². The fourth-order valence-corrected chi connectivity index (χ4v) is 3.46. The first-order valence-corrected chi connectivity index (χ1v) is 9.52. The van der Waals surface area contributed by atoms with Gasteiger partial charge in [0, 0.05) is 30.1 Å². The largest absolute Gasteiger partial charge is 0.457 e. The highest BCUT2D eigenvalue weighted by Crippen LogP contribution is 2.45. The molecule has 0 radical (unpaired) electrons. The summed E-state index contributed by atoms with van der Waals surface area (Å²) < 4.78 is 11.3. The Morgan fingerprint density at radius 1 is 1.00 bits per heavy atom. The smallest absolute Gasteiger partial charge is 0.409 e. The minimum atomic E-state index is -0.213. The molecule has 0 fully saturated rings. The lowest BCUT2D eigenvalue weighted by molar-refractivity contribution is 0.105. The van der Waals surface area contributed by atoms with E-state index in [2.05, 4.69) is 19.1 Å². The topological polar surface area (TPSA) is 38.8 Å². The number of nitrogens with zero attached hydrogens (tertiary/aromatic N) is 1. The second kappa shape index (κ2) is 8.75. The van der Waals surface area contributed by atoms with E-state index in [1.165, 1.54) is 11.1 Å². The maximum absolute atomic E-state index is 12.3. The standard InChI is InChI=1S/C22H27NO3/c1-3-5-15-23(22(24)25-4-2)16-14-17-18-10-6-8-12-20(18)26-21-13-9-7-11-19(17)21/h6-13,17H,3-5,14-16H2,1-2H3. The number of fused-ring (bicyclic) bond motifs is 2. The minimum Gasteiger partial charge on any atom is -0.457 e. The first-order valence-electron chi connectivity index (χ1n) is 9.52. The van der Waals surface area contributed by atoms with Gasteiger partial charge in [-0.05, 0) is 31.9 Å². The Kier molecular flexibility index (Phi) is 6.16. The zero-order chi connectivity index (χ0) is 18.4. The summed E-state index contributed by atoms with van der Waals surface area (Å²) in [5, 5.41) is 0. The van der Waals surface area contributed by atoms with E-state index >= 15 is 0 Å². The van der Waals surface area contributed by atoms with Crippen molar-refractivity contribution >= 4 is 6.09 Å². The molecule has 26 heavy (non-hydrogen) atoms. The lowest BCUT2D eigenvalue weighted by Gasteiger charge is -2.30. The Morgan fingerprint density at radius 2 is 1.62 bits per heavy atom. The van der Waals surface area contributed by atoms with E-state index < -0.39 is 0 Å². The van der Waals surface area contributed by atoms with Gasteiger partial charge in [-0.3, -0.25) is 0 Å². The molecule has 4 heteroatoms. The molecular formula is C22H27NO3. The second-order valence-corrected chi connectivity index (χ2v) is 6.56. The van der Waals surface area contributed by atoms with E-state index in [-0.39, 0.29) is 12.0 Å². The molecule has 0 N–H and O–H groups in total. The van der Waals surface area contributed by atoms with Crippen molar-refractivity contribution in [2.24, 2.45) is 0 Å². The molecule has 0 bridgehead atoms. The summed E-state index contributed by atoms with van der Waals surface area (Å²) in [4.78, 5) is 14.1. The molecule has 4 nitrogen and oxygen atoms in total. The summed E-state index contributed by atoms with van der Waals surface area (Å²) in [5.74, 6) is 2.04. The van der Waals surface area contributed by atoms with Crippen molar-refractivity contribution in [2.45, 2.75) is 39.0 Å². The first-order chi connectivity index (χ1) is 12.7. The predicted octanol–water partition coefficient (Wildman–Crippen LogP) is 5.57. The molecule has 3 rings (SSSR count). The quantitative estimate of drug-likeness (QED) is 0.653. The lowest BCUT2D eigenvalue weighted by atomic mass is 9.85. The Balaban J connectivity index is 1.81. The van der Waals surface area contributed by atoms with Gasteiger partial charge in [-0.15, -0.1) is 0 Å². The van der Waals surface area contributed by atoms with Crippen LogP contribution in [0, 0.1) is 0 Å². The van der Waals surface area contributed by atoms with Gasteiger partial charge in [0.2, 0.25) is 0 Å². The third kappa shape index (κ3) is 4.01. The fraction of sp³-hybridized carbons (Fsp3) is 0.409. The van der Waals surface area contributed by atoms with Crippen molar-refractivity contribution in [1.29, 1.82) is 0 Å². The number of carbonyl (C=O) groups is 1. The molecule has 0 spiro atoms. The van der Waals surface area contributed by atoms with Gasteiger partial charge < -0.3 is 14.4 Å². The molecule has 1 amide bonds. The SMILES string of the molecule is CCCCN(CCC1c2ccccc2Oc2ccccc21)C(=O)OCC. The monoisotopic (exact) mass is 353 g/mol. The Bertz CT molecular complexity index is 698. The highest BCUT2D eigenvalue weighted by Gasteiger charge is 2.27. The summed E-state index contributed by atoms with van der Waals surface area (Å²) in [5.41, 5.74) is 2.37. The highest BCUT2D eigenvalue weighted by molar-refractivity contribution is 5.67. The van der Waals surface area contributed by atoms with Crippen molar-refractivity contribution in [3.05, 3.63) is 59.7 Å². The van der Waals surface area contributed by atoms with Crippen LogP contribution in [0.2, 0.25) is 0 Å². The summed E-state index contributed by atoms with van der Waals surface area (Å²) in [6.45, 7) is 5.80. The van der Waals surface area contributed by atoms with E-state index in [1.54, 1.807) is 0 Å². The number of hydrogen-bond acceptors (Lipinski definition) is 3. The summed E-state index contributed by atoms with van der Waals surface area (Å²) in [6.07, 6.45) is 2.67. The Hall–Kier alpha value is -2.49. The molecule has 0 aromatic heterocycles. The molecule has 0 unspecified atom stereocenters. The molecule has 0 saturated heterocycles. The van der Waals surface area contributed by atoms with E-state index in [1.807, 2.05) is 48.2 Å². The number of para-hydroxylation sites is 2.